The molecule has 0 aliphatic carbocycles. The molecule has 0 aromatic heterocycles. The maximum Gasteiger partial charge on any atom is 0.478 e. The summed E-state index contributed by atoms with van der Waals surface area (Å²) in [5.41, 5.74) is 0. The average Bonchev–Trinajstić information content (AvgIpc) is 2.02. The van der Waals surface area contributed by atoms with Crippen molar-refractivity contribution >= 4 is 5.97 Å². The van der Waals surface area contributed by atoms with Gasteiger partial charge in [0.05, 0.1) is 0 Å². The van der Waals surface area contributed by atoms with E-state index in [4.69, 9.17) is 5.11 Å². The number of hydrogen-bond acceptors (Lipinski definition) is 2. The van der Waals surface area contributed by atoms with E-state index < -0.39 is 30.1 Å². The van der Waals surface area contributed by atoms with E-state index in [1.807, 2.05) is 0 Å². The predicted molar refractivity (Wildman–Crippen MR) is 29.0 cm³/mol. The van der Waals surface area contributed by atoms with Crippen molar-refractivity contribution in [1.29, 1.82) is 0 Å². The molecule has 0 unspecified atom stereocenters. The summed E-state index contributed by atoms with van der Waals surface area (Å²) in [7, 11) is 0. The Morgan fingerprint density at radius 2 is 1.47 bits per heavy atom. The summed E-state index contributed by atoms with van der Waals surface area (Å²) in [5, 5.41) is 7.59. The molecule has 0 rings (SSSR count). The number of rotatable bonds is 4. The number of halogens is 7. The molecule has 0 saturated heterocycles. The van der Waals surface area contributed by atoms with Crippen molar-refractivity contribution in [2.45, 2.75) is 12.0 Å². The summed E-state index contributed by atoms with van der Waals surface area (Å²) in [6, 6.07) is -3.28. The molecule has 0 aliphatic heterocycles. The van der Waals surface area contributed by atoms with Crippen molar-refractivity contribution in [2.75, 3.05) is 0 Å². The van der Waals surface area contributed by atoms with Crippen molar-refractivity contribution in [3.05, 3.63) is 12.1 Å². The molecule has 0 aliphatic rings. The number of ether oxygens (including phenoxy) is 1. The van der Waals surface area contributed by atoms with Gasteiger partial charge in [-0.15, -0.1) is 0 Å². The van der Waals surface area contributed by atoms with Gasteiger partial charge in [0.25, 0.3) is 0 Å². The van der Waals surface area contributed by atoms with Crippen LogP contribution in [0, 0.1) is 0 Å². The molecule has 0 atom stereocenters. The highest BCUT2D eigenvalue weighted by atomic mass is 19.3. The summed E-state index contributed by atoms with van der Waals surface area (Å²) < 4.78 is 84.6. The van der Waals surface area contributed by atoms with Crippen molar-refractivity contribution in [1.82, 2.24) is 0 Å². The normalized spacial score (nSPS) is 12.2. The van der Waals surface area contributed by atoms with Crippen LogP contribution in [0.5, 0.6) is 0 Å². The largest absolute Gasteiger partial charge is 0.478 e. The van der Waals surface area contributed by atoms with Crippen LogP contribution >= 0.6 is 0 Å². The van der Waals surface area contributed by atoms with Crippen molar-refractivity contribution in [3.63, 3.8) is 0 Å². The summed E-state index contributed by atoms with van der Waals surface area (Å²) in [6.45, 7) is 0. The van der Waals surface area contributed by atoms with Crippen LogP contribution in [-0.2, 0) is 9.53 Å². The third-order valence-electron chi connectivity index (χ3n) is 1.00. The average molecular weight is 242 g/mol. The first-order valence-corrected chi connectivity index (χ1v) is 2.91. The van der Waals surface area contributed by atoms with Crippen LogP contribution in [-0.4, -0.2) is 23.1 Å². The molecule has 0 heterocycles. The van der Waals surface area contributed by atoms with Crippen LogP contribution in [0.4, 0.5) is 30.7 Å². The van der Waals surface area contributed by atoms with Crippen LogP contribution in [0.3, 0.4) is 0 Å². The molecule has 0 spiro atoms. The zero-order valence-electron chi connectivity index (χ0n) is 6.41. The van der Waals surface area contributed by atoms with Gasteiger partial charge in [-0.1, -0.05) is 0 Å². The van der Waals surface area contributed by atoms with Gasteiger partial charge in [-0.25, -0.2) is 4.79 Å². The SMILES string of the molecule is O=C(O)C(F)(F)C(F)(F)OC(F)=C(F)F. The van der Waals surface area contributed by atoms with Crippen molar-refractivity contribution in [2.24, 2.45) is 0 Å². The van der Waals surface area contributed by atoms with Crippen LogP contribution in [0.1, 0.15) is 0 Å². The number of carbonyl (C=O) groups is 1. The minimum atomic E-state index is -5.92. The Morgan fingerprint density at radius 1 is 1.07 bits per heavy atom. The van der Waals surface area contributed by atoms with Crippen molar-refractivity contribution in [3.8, 4) is 0 Å². The smallest absolute Gasteiger partial charge is 0.477 e. The number of carboxylic acids is 1. The first-order valence-electron chi connectivity index (χ1n) is 2.91. The van der Waals surface area contributed by atoms with E-state index in [1.54, 1.807) is 0 Å². The summed E-state index contributed by atoms with van der Waals surface area (Å²) in [4.78, 5) is 9.58. The quantitative estimate of drug-likeness (QED) is 0.608. The highest BCUT2D eigenvalue weighted by Crippen LogP contribution is 2.38. The third kappa shape index (κ3) is 2.73. The molecule has 0 bridgehead atoms. The maximum atomic E-state index is 12.1. The third-order valence-corrected chi connectivity index (χ3v) is 1.00. The molecule has 0 fully saturated rings. The molecule has 15 heavy (non-hydrogen) atoms. The number of hydrogen-bond donors (Lipinski definition) is 1. The van der Waals surface area contributed by atoms with E-state index in [-0.39, 0.29) is 0 Å². The number of aliphatic carboxylic acids is 1. The fourth-order valence-corrected chi connectivity index (χ4v) is 0.340. The van der Waals surface area contributed by atoms with E-state index in [9.17, 15) is 35.5 Å². The van der Waals surface area contributed by atoms with Gasteiger partial charge in [0.2, 0.25) is 0 Å². The molecular weight excluding hydrogens is 241 g/mol. The maximum absolute atomic E-state index is 12.1. The molecular formula is C5HF7O3. The topological polar surface area (TPSA) is 46.5 Å². The van der Waals surface area contributed by atoms with E-state index in [0.717, 1.165) is 0 Å². The highest BCUT2D eigenvalue weighted by Gasteiger charge is 2.66. The molecule has 3 nitrogen and oxygen atoms in total. The summed E-state index contributed by atoms with van der Waals surface area (Å²) in [6.07, 6.45) is -9.34. The monoisotopic (exact) mass is 242 g/mol. The lowest BCUT2D eigenvalue weighted by Crippen LogP contribution is -2.48. The Kier molecular flexibility index (Phi) is 3.56. The molecule has 0 saturated carbocycles. The van der Waals surface area contributed by atoms with E-state index in [2.05, 4.69) is 4.74 Å². The van der Waals surface area contributed by atoms with E-state index >= 15 is 0 Å². The standard InChI is InChI=1S/C5HF7O3/c6-1(7)2(8)15-5(11,12)4(9,10)3(13)14/h(H,13,14). The van der Waals surface area contributed by atoms with Gasteiger partial charge in [-0.05, 0) is 0 Å². The second-order valence-corrected chi connectivity index (χ2v) is 2.03. The Hall–Kier alpha value is -1.48. The van der Waals surface area contributed by atoms with Gasteiger partial charge in [0.1, 0.15) is 0 Å². The van der Waals surface area contributed by atoms with Gasteiger partial charge in [-0.3, -0.25) is 0 Å². The zero-order chi connectivity index (χ0) is 12.4. The molecule has 1 N–H and O–H groups in total. The molecule has 0 aromatic rings. The van der Waals surface area contributed by atoms with Gasteiger partial charge in [0.15, 0.2) is 0 Å². The second-order valence-electron chi connectivity index (χ2n) is 2.03. The first kappa shape index (κ1) is 13.5. The van der Waals surface area contributed by atoms with Crippen LogP contribution < -0.4 is 0 Å². The highest BCUT2D eigenvalue weighted by molar-refractivity contribution is 5.76. The molecule has 0 amide bonds. The summed E-state index contributed by atoms with van der Waals surface area (Å²) in [5.74, 6) is -9.18. The number of carboxylic acid groups (broad SMARTS) is 1. The fourth-order valence-electron chi connectivity index (χ4n) is 0.340. The number of alkyl halides is 4. The second kappa shape index (κ2) is 3.95. The van der Waals surface area contributed by atoms with Gasteiger partial charge in [0, 0.05) is 0 Å². The van der Waals surface area contributed by atoms with Gasteiger partial charge < -0.3 is 9.84 Å². The minimum Gasteiger partial charge on any atom is -0.477 e. The Labute approximate surface area is 76.7 Å². The van der Waals surface area contributed by atoms with E-state index in [0.29, 0.717) is 0 Å². The fraction of sp³-hybridized carbons (Fsp3) is 0.400. The van der Waals surface area contributed by atoms with Crippen LogP contribution in [0.15, 0.2) is 12.1 Å². The Bertz CT molecular complexity index is 293. The predicted octanol–water partition coefficient (Wildman–Crippen LogP) is 2.35. The minimum absolute atomic E-state index is 2.22. The van der Waals surface area contributed by atoms with Crippen molar-refractivity contribution < 1.29 is 45.4 Å². The Morgan fingerprint density at radius 3 is 1.73 bits per heavy atom. The molecule has 0 radical (unpaired) electrons. The molecule has 10 heteroatoms. The van der Waals surface area contributed by atoms with Crippen LogP contribution in [0.25, 0.3) is 0 Å². The van der Waals surface area contributed by atoms with Gasteiger partial charge >= 0.3 is 30.1 Å². The molecule has 88 valence electrons. The Balaban J connectivity index is 5.00. The lowest BCUT2D eigenvalue weighted by Gasteiger charge is -2.21. The van der Waals surface area contributed by atoms with Gasteiger partial charge in [-0.2, -0.15) is 30.7 Å². The molecule has 0 aromatic carbocycles. The zero-order valence-corrected chi connectivity index (χ0v) is 6.41. The lowest BCUT2D eigenvalue weighted by atomic mass is 10.3. The summed E-state index contributed by atoms with van der Waals surface area (Å²) >= 11 is 0. The van der Waals surface area contributed by atoms with E-state index in [1.165, 1.54) is 0 Å². The first-order chi connectivity index (χ1) is 6.52. The van der Waals surface area contributed by atoms with Crippen LogP contribution in [0.2, 0.25) is 0 Å². The lowest BCUT2D eigenvalue weighted by molar-refractivity contribution is -0.331.